The summed E-state index contributed by atoms with van der Waals surface area (Å²) in [5, 5.41) is 10.1. The topological polar surface area (TPSA) is 76.1 Å². The van der Waals surface area contributed by atoms with Crippen molar-refractivity contribution in [1.82, 2.24) is 0 Å². The van der Waals surface area contributed by atoms with Crippen LogP contribution in [0.15, 0.2) is 42.5 Å². The number of hydrogen-bond acceptors (Lipinski definition) is 4. The van der Waals surface area contributed by atoms with Gasteiger partial charge in [-0.05, 0) is 59.7 Å². The first-order chi connectivity index (χ1) is 14.7. The van der Waals surface area contributed by atoms with Gasteiger partial charge in [-0.2, -0.15) is 0 Å². The number of aliphatic carboxylic acids is 1. The molecule has 8 heteroatoms. The molecule has 1 aliphatic heterocycles. The number of ether oxygens (including phenoxy) is 2. The van der Waals surface area contributed by atoms with Crippen molar-refractivity contribution >= 4 is 51.8 Å². The summed E-state index contributed by atoms with van der Waals surface area (Å²) < 4.78 is 10.6. The first kappa shape index (κ1) is 23.8. The molecule has 1 N–H and O–H groups in total. The van der Waals surface area contributed by atoms with Gasteiger partial charge in [0, 0.05) is 22.7 Å². The fourth-order valence-corrected chi connectivity index (χ4v) is 4.72. The molecular weight excluding hydrogens is 533 g/mol. The lowest BCUT2D eigenvalue weighted by Gasteiger charge is -2.31. The Labute approximate surface area is 200 Å². The van der Waals surface area contributed by atoms with Crippen LogP contribution < -0.4 is 9.64 Å². The molecule has 0 fully saturated rings. The smallest absolute Gasteiger partial charge is 0.307 e. The number of fused-ring (bicyclic) bond motifs is 1. The number of benzene rings is 2. The van der Waals surface area contributed by atoms with Crippen LogP contribution in [0.3, 0.4) is 0 Å². The molecule has 0 aliphatic carbocycles. The SMILES string of the molecule is CCOc1ccccc1C1OC(I)(CC(=O)O)C(=O)N(CC(C)C)c2ccc(Cl)cc21. The van der Waals surface area contributed by atoms with Gasteiger partial charge in [-0.25, -0.2) is 0 Å². The number of carboxylic acids is 1. The number of anilines is 1. The van der Waals surface area contributed by atoms with Gasteiger partial charge in [0.1, 0.15) is 11.9 Å². The molecule has 0 bridgehead atoms. The van der Waals surface area contributed by atoms with Crippen LogP contribution in [0, 0.1) is 5.92 Å². The minimum atomic E-state index is -1.60. The van der Waals surface area contributed by atoms with Crippen molar-refractivity contribution in [2.24, 2.45) is 5.92 Å². The normalized spacial score (nSPS) is 21.0. The van der Waals surface area contributed by atoms with Crippen LogP contribution in [0.1, 0.15) is 44.4 Å². The van der Waals surface area contributed by atoms with Gasteiger partial charge in [0.05, 0.1) is 18.7 Å². The summed E-state index contributed by atoms with van der Waals surface area (Å²) in [5.74, 6) is -0.748. The number of carboxylic acid groups (broad SMARTS) is 1. The molecule has 0 aromatic heterocycles. The number of hydrogen-bond donors (Lipinski definition) is 1. The summed E-state index contributed by atoms with van der Waals surface area (Å²) >= 11 is 8.17. The summed E-state index contributed by atoms with van der Waals surface area (Å²) in [7, 11) is 0. The van der Waals surface area contributed by atoms with Crippen LogP contribution in [0.4, 0.5) is 5.69 Å². The van der Waals surface area contributed by atoms with Crippen LogP contribution in [-0.4, -0.2) is 33.7 Å². The number of para-hydroxylation sites is 1. The summed E-state index contributed by atoms with van der Waals surface area (Å²) in [6.45, 7) is 6.76. The van der Waals surface area contributed by atoms with Gasteiger partial charge in [0.25, 0.3) is 5.91 Å². The van der Waals surface area contributed by atoms with Crippen LogP contribution >= 0.6 is 34.2 Å². The number of rotatable bonds is 7. The fourth-order valence-electron chi connectivity index (χ4n) is 3.67. The molecule has 0 spiro atoms. The molecule has 2 aromatic carbocycles. The summed E-state index contributed by atoms with van der Waals surface area (Å²) in [4.78, 5) is 27.0. The third-order valence-electron chi connectivity index (χ3n) is 4.86. The van der Waals surface area contributed by atoms with Crippen LogP contribution in [0.5, 0.6) is 5.75 Å². The molecule has 1 heterocycles. The van der Waals surface area contributed by atoms with Crippen molar-refractivity contribution < 1.29 is 24.2 Å². The van der Waals surface area contributed by atoms with Crippen molar-refractivity contribution in [3.8, 4) is 5.75 Å². The maximum atomic E-state index is 13.6. The first-order valence-electron chi connectivity index (χ1n) is 10.1. The minimum absolute atomic E-state index is 0.158. The van der Waals surface area contributed by atoms with Crippen molar-refractivity contribution in [3.05, 3.63) is 58.6 Å². The second-order valence-corrected chi connectivity index (χ2v) is 9.96. The number of halogens is 2. The molecular formula is C23H25ClINO5. The third kappa shape index (κ3) is 5.15. The largest absolute Gasteiger partial charge is 0.493 e. The third-order valence-corrected chi connectivity index (χ3v) is 6.19. The van der Waals surface area contributed by atoms with E-state index < -0.39 is 28.0 Å². The Hall–Kier alpha value is -1.84. The molecule has 31 heavy (non-hydrogen) atoms. The van der Waals surface area contributed by atoms with Crippen molar-refractivity contribution in [1.29, 1.82) is 0 Å². The van der Waals surface area contributed by atoms with Gasteiger partial charge in [0.2, 0.25) is 3.61 Å². The highest BCUT2D eigenvalue weighted by atomic mass is 127. The fraction of sp³-hybridized carbons (Fsp3) is 0.391. The maximum absolute atomic E-state index is 13.6. The Kier molecular flexibility index (Phi) is 7.49. The number of amides is 1. The van der Waals surface area contributed by atoms with E-state index in [0.717, 1.165) is 0 Å². The highest BCUT2D eigenvalue weighted by molar-refractivity contribution is 14.1. The number of carbonyl (C=O) groups is 2. The number of alkyl halides is 1. The maximum Gasteiger partial charge on any atom is 0.307 e. The van der Waals surface area contributed by atoms with Gasteiger partial charge in [-0.15, -0.1) is 0 Å². The Morgan fingerprint density at radius 1 is 1.29 bits per heavy atom. The van der Waals surface area contributed by atoms with E-state index in [2.05, 4.69) is 0 Å². The molecule has 1 amide bonds. The van der Waals surface area contributed by atoms with Crippen LogP contribution in [0.25, 0.3) is 0 Å². The Morgan fingerprint density at radius 3 is 2.65 bits per heavy atom. The average Bonchev–Trinajstić information content (AvgIpc) is 2.77. The van der Waals surface area contributed by atoms with Gasteiger partial charge >= 0.3 is 5.97 Å². The molecule has 2 atom stereocenters. The van der Waals surface area contributed by atoms with Crippen molar-refractivity contribution in [2.45, 2.75) is 36.9 Å². The van der Waals surface area contributed by atoms with E-state index in [0.29, 0.717) is 40.7 Å². The Bertz CT molecular complexity index is 982. The summed E-state index contributed by atoms with van der Waals surface area (Å²) in [6.07, 6.45) is -1.22. The van der Waals surface area contributed by atoms with Crippen LogP contribution in [0.2, 0.25) is 5.02 Å². The van der Waals surface area contributed by atoms with Gasteiger partial charge in [-0.3, -0.25) is 9.59 Å². The monoisotopic (exact) mass is 557 g/mol. The standard InChI is InChI=1S/C23H25ClINO5/c1-4-30-19-8-6-5-7-16(19)21-17-11-15(24)9-10-18(17)26(13-14(2)3)22(29)23(25,31-21)12-20(27)28/h5-11,14,21H,4,12-13H2,1-3H3,(H,27,28). The second-order valence-electron chi connectivity index (χ2n) is 7.78. The minimum Gasteiger partial charge on any atom is -0.493 e. The predicted molar refractivity (Wildman–Crippen MR) is 128 cm³/mol. The first-order valence-corrected chi connectivity index (χ1v) is 11.5. The van der Waals surface area contributed by atoms with E-state index in [1.54, 1.807) is 23.1 Å². The summed E-state index contributed by atoms with van der Waals surface area (Å²) in [6, 6.07) is 12.7. The molecule has 1 aliphatic rings. The predicted octanol–water partition coefficient (Wildman–Crippen LogP) is 5.45. The van der Waals surface area contributed by atoms with E-state index in [4.69, 9.17) is 21.1 Å². The second kappa shape index (κ2) is 9.75. The molecule has 0 radical (unpaired) electrons. The number of nitrogens with zero attached hydrogens (tertiary/aromatic N) is 1. The molecule has 6 nitrogen and oxygen atoms in total. The van der Waals surface area contributed by atoms with E-state index in [1.165, 1.54) is 0 Å². The zero-order valence-corrected chi connectivity index (χ0v) is 20.5. The number of carbonyl (C=O) groups excluding carboxylic acids is 1. The average molecular weight is 558 g/mol. The zero-order valence-electron chi connectivity index (χ0n) is 17.6. The molecule has 2 unspecified atom stereocenters. The summed E-state index contributed by atoms with van der Waals surface area (Å²) in [5.41, 5.74) is 2.06. The van der Waals surface area contributed by atoms with Gasteiger partial charge in [0.15, 0.2) is 0 Å². The van der Waals surface area contributed by atoms with Gasteiger partial charge in [-0.1, -0.05) is 43.6 Å². The van der Waals surface area contributed by atoms with E-state index in [-0.39, 0.29) is 5.92 Å². The molecule has 2 aromatic rings. The Morgan fingerprint density at radius 2 is 2.00 bits per heavy atom. The zero-order chi connectivity index (χ0) is 22.8. The van der Waals surface area contributed by atoms with Gasteiger partial charge < -0.3 is 19.5 Å². The van der Waals surface area contributed by atoms with Crippen molar-refractivity contribution in [2.75, 3.05) is 18.1 Å². The molecule has 166 valence electrons. The quantitative estimate of drug-likeness (QED) is 0.362. The lowest BCUT2D eigenvalue weighted by Crippen LogP contribution is -2.48. The lowest BCUT2D eigenvalue weighted by molar-refractivity contribution is -0.148. The highest BCUT2D eigenvalue weighted by Gasteiger charge is 2.48. The van der Waals surface area contributed by atoms with E-state index in [1.807, 2.05) is 67.6 Å². The van der Waals surface area contributed by atoms with Crippen molar-refractivity contribution in [3.63, 3.8) is 0 Å². The highest BCUT2D eigenvalue weighted by Crippen LogP contribution is 2.47. The lowest BCUT2D eigenvalue weighted by atomic mass is 9.98. The molecule has 3 rings (SSSR count). The molecule has 0 saturated heterocycles. The molecule has 0 saturated carbocycles. The van der Waals surface area contributed by atoms with E-state index in [9.17, 15) is 14.7 Å². The van der Waals surface area contributed by atoms with Crippen LogP contribution in [-0.2, 0) is 14.3 Å². The van der Waals surface area contributed by atoms with E-state index >= 15 is 0 Å². The Balaban J connectivity index is 2.27.